The molecule has 1 aliphatic heterocycles. The molecule has 1 unspecified atom stereocenters. The van der Waals surface area contributed by atoms with Crippen molar-refractivity contribution in [3.63, 3.8) is 0 Å². The molecule has 0 saturated carbocycles. The summed E-state index contributed by atoms with van der Waals surface area (Å²) in [5, 5.41) is 14.4. The highest BCUT2D eigenvalue weighted by Gasteiger charge is 2.38. The molecule has 1 heterocycles. The smallest absolute Gasteiger partial charge is 0.337 e. The number of esters is 2. The van der Waals surface area contributed by atoms with E-state index in [1.54, 1.807) is 44.2 Å². The molecular formula is C31H37ClN2O6. The lowest BCUT2D eigenvalue weighted by molar-refractivity contribution is -0.139. The second-order valence-corrected chi connectivity index (χ2v) is 9.65. The summed E-state index contributed by atoms with van der Waals surface area (Å²) in [6.07, 6.45) is 3.58. The topological polar surface area (TPSA) is 97.3 Å². The van der Waals surface area contributed by atoms with E-state index in [9.17, 15) is 14.7 Å². The summed E-state index contributed by atoms with van der Waals surface area (Å²) >= 11 is 6.31. The summed E-state index contributed by atoms with van der Waals surface area (Å²) < 4.78 is 16.0. The van der Waals surface area contributed by atoms with Gasteiger partial charge in [-0.2, -0.15) is 0 Å². The Morgan fingerprint density at radius 2 is 1.77 bits per heavy atom. The van der Waals surface area contributed by atoms with E-state index in [-0.39, 0.29) is 23.5 Å². The molecule has 0 amide bonds. The normalized spacial score (nSPS) is 15.4. The fourth-order valence-corrected chi connectivity index (χ4v) is 4.95. The van der Waals surface area contributed by atoms with Gasteiger partial charge in [0.1, 0.15) is 0 Å². The number of rotatable bonds is 11. The Labute approximate surface area is 240 Å². The quantitative estimate of drug-likeness (QED) is 0.340. The lowest BCUT2D eigenvalue weighted by Crippen LogP contribution is -2.32. The average molecular weight is 569 g/mol. The number of hydrogen-bond donors (Lipinski definition) is 2. The molecule has 0 radical (unpaired) electrons. The Balaban J connectivity index is 2.19. The number of halogens is 1. The summed E-state index contributed by atoms with van der Waals surface area (Å²) in [4.78, 5) is 28.6. The van der Waals surface area contributed by atoms with Gasteiger partial charge in [0, 0.05) is 28.5 Å². The van der Waals surface area contributed by atoms with E-state index in [1.165, 1.54) is 14.2 Å². The lowest BCUT2D eigenvalue weighted by Gasteiger charge is -2.30. The number of carbonyl (C=O) groups is 2. The number of phenolic OH excluding ortho intramolecular Hbond substituents is 1. The first-order valence-corrected chi connectivity index (χ1v) is 13.6. The summed E-state index contributed by atoms with van der Waals surface area (Å²) in [5.74, 6) is -1.47. The van der Waals surface area contributed by atoms with Gasteiger partial charge in [-0.15, -0.1) is 0 Å². The number of nitrogens with one attached hydrogen (secondary N) is 1. The molecule has 40 heavy (non-hydrogen) atoms. The van der Waals surface area contributed by atoms with Crippen molar-refractivity contribution in [3.8, 4) is 11.5 Å². The number of phenols is 1. The van der Waals surface area contributed by atoms with E-state index < -0.39 is 17.9 Å². The highest BCUT2D eigenvalue weighted by Crippen LogP contribution is 2.40. The summed E-state index contributed by atoms with van der Waals surface area (Å²) in [5.41, 5.74) is 3.67. The van der Waals surface area contributed by atoms with Crippen molar-refractivity contribution >= 4 is 29.6 Å². The van der Waals surface area contributed by atoms with Crippen LogP contribution >= 0.6 is 11.6 Å². The van der Waals surface area contributed by atoms with Gasteiger partial charge in [-0.25, -0.2) is 9.59 Å². The number of carbonyl (C=O) groups excluding carboxylic acids is 2. The summed E-state index contributed by atoms with van der Waals surface area (Å²) in [6.45, 7) is 9.97. The van der Waals surface area contributed by atoms with Gasteiger partial charge in [0.2, 0.25) is 0 Å². The zero-order valence-corrected chi connectivity index (χ0v) is 24.6. The fourth-order valence-electron chi connectivity index (χ4n) is 4.75. The van der Waals surface area contributed by atoms with Gasteiger partial charge in [-0.1, -0.05) is 43.7 Å². The van der Waals surface area contributed by atoms with Gasteiger partial charge >= 0.3 is 11.9 Å². The number of benzene rings is 2. The van der Waals surface area contributed by atoms with Gasteiger partial charge in [0.15, 0.2) is 11.5 Å². The number of aromatic hydroxyl groups is 1. The molecule has 0 aliphatic carbocycles. The monoisotopic (exact) mass is 568 g/mol. The van der Waals surface area contributed by atoms with Crippen LogP contribution in [0.1, 0.15) is 50.3 Å². The fraction of sp³-hybridized carbons (Fsp3) is 0.355. The molecule has 2 aromatic rings. The third-order valence-corrected chi connectivity index (χ3v) is 7.04. The van der Waals surface area contributed by atoms with E-state index >= 15 is 0 Å². The first kappa shape index (κ1) is 30.8. The number of allylic oxidation sites excluding steroid dienone is 2. The van der Waals surface area contributed by atoms with Crippen LogP contribution < -0.4 is 10.1 Å². The van der Waals surface area contributed by atoms with Gasteiger partial charge in [0.05, 0.1) is 37.9 Å². The van der Waals surface area contributed by atoms with Gasteiger partial charge < -0.3 is 24.6 Å². The Bertz CT molecular complexity index is 1340. The van der Waals surface area contributed by atoms with Crippen LogP contribution in [0.4, 0.5) is 0 Å². The van der Waals surface area contributed by atoms with E-state index in [4.69, 9.17) is 25.8 Å². The van der Waals surface area contributed by atoms with Crippen LogP contribution in [0.25, 0.3) is 6.08 Å². The Morgan fingerprint density at radius 3 is 2.38 bits per heavy atom. The third kappa shape index (κ3) is 6.87. The molecule has 2 aromatic carbocycles. The van der Waals surface area contributed by atoms with Crippen molar-refractivity contribution in [2.75, 3.05) is 33.9 Å². The number of ether oxygens (including phenoxy) is 3. The molecule has 214 valence electrons. The Morgan fingerprint density at radius 1 is 1.05 bits per heavy atom. The minimum Gasteiger partial charge on any atom is -0.504 e. The molecular weight excluding hydrogens is 532 g/mol. The van der Waals surface area contributed by atoms with E-state index in [0.717, 1.165) is 24.2 Å². The second kappa shape index (κ2) is 14.1. The number of nitrogens with zero attached hydrogens (tertiary/aromatic N) is 1. The molecule has 1 aliphatic rings. The van der Waals surface area contributed by atoms with Crippen LogP contribution in [0, 0.1) is 0 Å². The van der Waals surface area contributed by atoms with Gasteiger partial charge in [-0.05, 0) is 68.4 Å². The number of methoxy groups -OCH3 is 2. The van der Waals surface area contributed by atoms with E-state index in [0.29, 0.717) is 34.3 Å². The Hall–Kier alpha value is -3.75. The minimum absolute atomic E-state index is 0.0938. The second-order valence-electron chi connectivity index (χ2n) is 9.22. The average Bonchev–Trinajstić information content (AvgIpc) is 2.95. The molecule has 8 nitrogen and oxygen atoms in total. The molecule has 1 atom stereocenters. The Kier molecular flexibility index (Phi) is 10.8. The molecule has 0 spiro atoms. The molecule has 0 fully saturated rings. The number of hydrogen-bond acceptors (Lipinski definition) is 8. The van der Waals surface area contributed by atoms with Crippen LogP contribution in [-0.2, 0) is 25.6 Å². The predicted octanol–water partition coefficient (Wildman–Crippen LogP) is 5.56. The van der Waals surface area contributed by atoms with E-state index in [2.05, 4.69) is 24.1 Å². The van der Waals surface area contributed by atoms with Gasteiger partial charge in [-0.3, -0.25) is 4.90 Å². The maximum atomic E-state index is 13.4. The minimum atomic E-state index is -0.779. The molecule has 9 heteroatoms. The molecule has 3 rings (SSSR count). The summed E-state index contributed by atoms with van der Waals surface area (Å²) in [6, 6.07) is 10.6. The van der Waals surface area contributed by atoms with Crippen molar-refractivity contribution in [2.24, 2.45) is 0 Å². The largest absolute Gasteiger partial charge is 0.504 e. The van der Waals surface area contributed by atoms with Crippen molar-refractivity contribution < 1.29 is 28.9 Å². The maximum absolute atomic E-state index is 13.4. The van der Waals surface area contributed by atoms with Crippen LogP contribution in [0.3, 0.4) is 0 Å². The summed E-state index contributed by atoms with van der Waals surface area (Å²) in [7, 11) is 2.81. The SMILES string of the molecule is CCOC(=O)C1=C(C=Cc2cc(CN(CC)CC)c(O)c(OC)c2)NC(C)=C(C(=O)OC)C1c1cccc(Cl)c1. The first-order chi connectivity index (χ1) is 19.2. The highest BCUT2D eigenvalue weighted by molar-refractivity contribution is 6.30. The van der Waals surface area contributed by atoms with Crippen molar-refractivity contribution in [1.82, 2.24) is 10.2 Å². The van der Waals surface area contributed by atoms with Crippen molar-refractivity contribution in [2.45, 2.75) is 40.2 Å². The predicted molar refractivity (Wildman–Crippen MR) is 156 cm³/mol. The molecule has 2 N–H and O–H groups in total. The lowest BCUT2D eigenvalue weighted by atomic mass is 9.80. The van der Waals surface area contributed by atoms with Crippen molar-refractivity contribution in [3.05, 3.63) is 86.7 Å². The number of dihydropyridines is 1. The highest BCUT2D eigenvalue weighted by atomic mass is 35.5. The van der Waals surface area contributed by atoms with E-state index in [1.807, 2.05) is 18.2 Å². The molecule has 0 aromatic heterocycles. The zero-order chi connectivity index (χ0) is 29.4. The zero-order valence-electron chi connectivity index (χ0n) is 23.8. The molecule has 0 saturated heterocycles. The third-order valence-electron chi connectivity index (χ3n) is 6.80. The first-order valence-electron chi connectivity index (χ1n) is 13.2. The van der Waals surface area contributed by atoms with Crippen LogP contribution in [0.15, 0.2) is 65.0 Å². The molecule has 0 bridgehead atoms. The van der Waals surface area contributed by atoms with Gasteiger partial charge in [0.25, 0.3) is 0 Å². The van der Waals surface area contributed by atoms with Crippen molar-refractivity contribution in [1.29, 1.82) is 0 Å². The van der Waals surface area contributed by atoms with Crippen LogP contribution in [0.2, 0.25) is 5.02 Å². The maximum Gasteiger partial charge on any atom is 0.337 e. The standard InChI is InChI=1S/C31H37ClN2O6/c1-7-34(8-2)18-22-15-20(16-25(38-5)29(22)35)13-14-24-28(31(37)40-9-3)27(21-11-10-12-23(32)17-21)26(19(4)33-24)30(36)39-6/h10-17,27,33,35H,7-9,18H2,1-6H3. The van der Waals surface area contributed by atoms with Crippen LogP contribution in [0.5, 0.6) is 11.5 Å². The van der Waals surface area contributed by atoms with Crippen LogP contribution in [-0.4, -0.2) is 55.9 Å².